The van der Waals surface area contributed by atoms with E-state index in [9.17, 15) is 9.50 Å². The molecule has 106 valence electrons. The number of halogens is 2. The molecular weight excluding hydrogens is 295 g/mol. The molecule has 0 atom stereocenters. The Labute approximate surface area is 124 Å². The maximum absolute atomic E-state index is 13.8. The lowest BCUT2D eigenvalue weighted by Crippen LogP contribution is -1.94. The van der Waals surface area contributed by atoms with Gasteiger partial charge >= 0.3 is 0 Å². The molecule has 0 aliphatic rings. The van der Waals surface area contributed by atoms with Crippen LogP contribution in [0.1, 0.15) is 5.56 Å². The third kappa shape index (κ3) is 2.60. The molecule has 1 aromatic heterocycles. The van der Waals surface area contributed by atoms with Gasteiger partial charge in [-0.1, -0.05) is 11.6 Å². The van der Waals surface area contributed by atoms with E-state index in [1.165, 1.54) is 24.5 Å². The number of aromatic hydroxyl groups is 1. The standard InChI is InChI=1S/C15H10ClFN2O2/c1-8-4-10-12(6-13(8)20)18-7-19-15(10)21-14-3-2-9(16)5-11(14)17/h2-7,20H,1H3. The van der Waals surface area contributed by atoms with Crippen LogP contribution in [0.4, 0.5) is 4.39 Å². The zero-order valence-electron chi connectivity index (χ0n) is 11.0. The summed E-state index contributed by atoms with van der Waals surface area (Å²) < 4.78 is 19.3. The minimum atomic E-state index is -0.579. The number of hydrogen-bond donors (Lipinski definition) is 1. The van der Waals surface area contributed by atoms with Crippen LogP contribution in [-0.4, -0.2) is 15.1 Å². The van der Waals surface area contributed by atoms with Crippen molar-refractivity contribution >= 4 is 22.5 Å². The van der Waals surface area contributed by atoms with Crippen molar-refractivity contribution in [3.8, 4) is 17.4 Å². The summed E-state index contributed by atoms with van der Waals surface area (Å²) in [5.74, 6) is -0.218. The predicted octanol–water partition coefficient (Wildman–Crippen LogP) is 4.23. The Morgan fingerprint density at radius 2 is 2.00 bits per heavy atom. The molecule has 0 aliphatic heterocycles. The summed E-state index contributed by atoms with van der Waals surface area (Å²) in [6.07, 6.45) is 1.29. The number of phenolic OH excluding ortho intramolecular Hbond substituents is 1. The zero-order chi connectivity index (χ0) is 15.0. The fraction of sp³-hybridized carbons (Fsp3) is 0.0667. The highest BCUT2D eigenvalue weighted by Crippen LogP contribution is 2.32. The van der Waals surface area contributed by atoms with Crippen LogP contribution < -0.4 is 4.74 Å². The van der Waals surface area contributed by atoms with Crippen LogP contribution >= 0.6 is 11.6 Å². The molecule has 3 aromatic rings. The van der Waals surface area contributed by atoms with E-state index >= 15 is 0 Å². The molecule has 0 fully saturated rings. The lowest BCUT2D eigenvalue weighted by atomic mass is 10.1. The van der Waals surface area contributed by atoms with Crippen LogP contribution in [0.3, 0.4) is 0 Å². The van der Waals surface area contributed by atoms with Gasteiger partial charge in [0.2, 0.25) is 5.88 Å². The number of aryl methyl sites for hydroxylation is 1. The van der Waals surface area contributed by atoms with Crippen molar-refractivity contribution in [1.29, 1.82) is 0 Å². The Morgan fingerprint density at radius 3 is 2.76 bits per heavy atom. The molecular formula is C15H10ClFN2O2. The first-order chi connectivity index (χ1) is 10.0. The topological polar surface area (TPSA) is 55.2 Å². The van der Waals surface area contributed by atoms with Gasteiger partial charge in [-0.15, -0.1) is 0 Å². The van der Waals surface area contributed by atoms with E-state index in [0.717, 1.165) is 6.07 Å². The number of phenols is 1. The number of fused-ring (bicyclic) bond motifs is 1. The second-order valence-electron chi connectivity index (χ2n) is 4.51. The normalized spacial score (nSPS) is 10.8. The van der Waals surface area contributed by atoms with E-state index < -0.39 is 5.82 Å². The van der Waals surface area contributed by atoms with Crippen LogP contribution in [0.2, 0.25) is 5.02 Å². The molecule has 0 radical (unpaired) electrons. The maximum atomic E-state index is 13.8. The van der Waals surface area contributed by atoms with E-state index in [-0.39, 0.29) is 22.4 Å². The van der Waals surface area contributed by atoms with Crippen molar-refractivity contribution < 1.29 is 14.2 Å². The van der Waals surface area contributed by atoms with Crippen molar-refractivity contribution in [2.45, 2.75) is 6.92 Å². The first kappa shape index (κ1) is 13.6. The molecule has 0 bridgehead atoms. The maximum Gasteiger partial charge on any atom is 0.230 e. The second-order valence-corrected chi connectivity index (χ2v) is 4.95. The van der Waals surface area contributed by atoms with Crippen molar-refractivity contribution in [2.24, 2.45) is 0 Å². The molecule has 0 aliphatic carbocycles. The average Bonchev–Trinajstić information content (AvgIpc) is 2.44. The fourth-order valence-electron chi connectivity index (χ4n) is 1.92. The van der Waals surface area contributed by atoms with Gasteiger partial charge in [-0.25, -0.2) is 14.4 Å². The molecule has 0 unspecified atom stereocenters. The quantitative estimate of drug-likeness (QED) is 0.770. The summed E-state index contributed by atoms with van der Waals surface area (Å²) in [4.78, 5) is 8.08. The Bertz CT molecular complexity index is 839. The van der Waals surface area contributed by atoms with E-state index in [4.69, 9.17) is 16.3 Å². The number of hydrogen-bond acceptors (Lipinski definition) is 4. The van der Waals surface area contributed by atoms with Crippen molar-refractivity contribution in [3.63, 3.8) is 0 Å². The highest BCUT2D eigenvalue weighted by Gasteiger charge is 2.11. The fourth-order valence-corrected chi connectivity index (χ4v) is 2.08. The number of rotatable bonds is 2. The van der Waals surface area contributed by atoms with Gasteiger partial charge in [0.05, 0.1) is 10.9 Å². The van der Waals surface area contributed by atoms with Gasteiger partial charge in [0.1, 0.15) is 12.1 Å². The van der Waals surface area contributed by atoms with Crippen molar-refractivity contribution in [2.75, 3.05) is 0 Å². The van der Waals surface area contributed by atoms with Gasteiger partial charge in [0.15, 0.2) is 11.6 Å². The molecule has 6 heteroatoms. The summed E-state index contributed by atoms with van der Waals surface area (Å²) in [6.45, 7) is 1.74. The van der Waals surface area contributed by atoms with Gasteiger partial charge in [-0.2, -0.15) is 0 Å². The summed E-state index contributed by atoms with van der Waals surface area (Å²) in [7, 11) is 0. The van der Waals surface area contributed by atoms with Crippen molar-refractivity contribution in [1.82, 2.24) is 9.97 Å². The lowest BCUT2D eigenvalue weighted by Gasteiger charge is -2.09. The van der Waals surface area contributed by atoms with Crippen LogP contribution in [0.15, 0.2) is 36.7 Å². The Kier molecular flexibility index (Phi) is 3.35. The monoisotopic (exact) mass is 304 g/mol. The summed E-state index contributed by atoms with van der Waals surface area (Å²) in [6, 6.07) is 7.32. The minimum absolute atomic E-state index is 0.0186. The van der Waals surface area contributed by atoms with E-state index in [1.54, 1.807) is 13.0 Å². The molecule has 0 saturated carbocycles. The number of ether oxygens (including phenoxy) is 1. The third-order valence-corrected chi connectivity index (χ3v) is 3.25. The third-order valence-electron chi connectivity index (χ3n) is 3.02. The highest BCUT2D eigenvalue weighted by molar-refractivity contribution is 6.30. The van der Waals surface area contributed by atoms with Crippen LogP contribution in [0.25, 0.3) is 10.9 Å². The molecule has 0 amide bonds. The first-order valence-electron chi connectivity index (χ1n) is 6.12. The van der Waals surface area contributed by atoms with Crippen LogP contribution in [0.5, 0.6) is 17.4 Å². The van der Waals surface area contributed by atoms with E-state index in [2.05, 4.69) is 9.97 Å². The largest absolute Gasteiger partial charge is 0.508 e. The Balaban J connectivity index is 2.10. The summed E-state index contributed by atoms with van der Waals surface area (Å²) >= 11 is 5.70. The van der Waals surface area contributed by atoms with Crippen LogP contribution in [-0.2, 0) is 0 Å². The molecule has 2 aromatic carbocycles. The average molecular weight is 305 g/mol. The molecule has 21 heavy (non-hydrogen) atoms. The highest BCUT2D eigenvalue weighted by atomic mass is 35.5. The predicted molar refractivity (Wildman–Crippen MR) is 77.4 cm³/mol. The Morgan fingerprint density at radius 1 is 1.19 bits per heavy atom. The smallest absolute Gasteiger partial charge is 0.230 e. The number of aromatic nitrogens is 2. The van der Waals surface area contributed by atoms with E-state index in [0.29, 0.717) is 16.5 Å². The lowest BCUT2D eigenvalue weighted by molar-refractivity contribution is 0.431. The Hall–Kier alpha value is -2.40. The van der Waals surface area contributed by atoms with Crippen molar-refractivity contribution in [3.05, 3.63) is 53.1 Å². The summed E-state index contributed by atoms with van der Waals surface area (Å²) in [5.41, 5.74) is 1.16. The number of nitrogens with zero attached hydrogens (tertiary/aromatic N) is 2. The SMILES string of the molecule is Cc1cc2c(Oc3ccc(Cl)cc3F)ncnc2cc1O. The van der Waals surface area contributed by atoms with Gasteiger partial charge in [0.25, 0.3) is 0 Å². The van der Waals surface area contributed by atoms with Gasteiger partial charge in [0, 0.05) is 11.1 Å². The molecule has 0 spiro atoms. The van der Waals surface area contributed by atoms with Crippen LogP contribution in [0, 0.1) is 12.7 Å². The van der Waals surface area contributed by atoms with Gasteiger partial charge in [-0.05, 0) is 36.8 Å². The first-order valence-corrected chi connectivity index (χ1v) is 6.49. The molecule has 1 heterocycles. The number of benzene rings is 2. The van der Waals surface area contributed by atoms with E-state index in [1.807, 2.05) is 0 Å². The molecule has 4 nitrogen and oxygen atoms in total. The minimum Gasteiger partial charge on any atom is -0.508 e. The molecule has 3 rings (SSSR count). The second kappa shape index (κ2) is 5.18. The van der Waals surface area contributed by atoms with Gasteiger partial charge < -0.3 is 9.84 Å². The zero-order valence-corrected chi connectivity index (χ0v) is 11.7. The summed E-state index contributed by atoms with van der Waals surface area (Å²) in [5, 5.41) is 10.6. The molecule has 0 saturated heterocycles. The van der Waals surface area contributed by atoms with Gasteiger partial charge in [-0.3, -0.25) is 0 Å². The molecule has 1 N–H and O–H groups in total.